The molecule has 1 aromatic carbocycles. The number of aromatic nitrogens is 1. The number of rotatable bonds is 4. The molecule has 3 N–H and O–H groups in total. The van der Waals surface area contributed by atoms with Gasteiger partial charge in [-0.25, -0.2) is 4.79 Å². The smallest absolute Gasteiger partial charge is 0.318 e. The van der Waals surface area contributed by atoms with Gasteiger partial charge in [-0.05, 0) is 32.0 Å². The van der Waals surface area contributed by atoms with Crippen molar-refractivity contribution in [2.45, 2.75) is 26.5 Å². The summed E-state index contributed by atoms with van der Waals surface area (Å²) in [4.78, 5) is 22.2. The van der Waals surface area contributed by atoms with Crippen molar-refractivity contribution in [2.75, 3.05) is 0 Å². The van der Waals surface area contributed by atoms with E-state index in [0.29, 0.717) is 0 Å². The number of primary amides is 1. The van der Waals surface area contributed by atoms with Gasteiger partial charge in [-0.3, -0.25) is 10.1 Å². The Morgan fingerprint density at radius 2 is 2.10 bits per heavy atom. The Hall–Kier alpha value is -2.50. The lowest BCUT2D eigenvalue weighted by Gasteiger charge is -2.11. The van der Waals surface area contributed by atoms with Crippen LogP contribution in [0.4, 0.5) is 4.79 Å². The van der Waals surface area contributed by atoms with E-state index in [1.54, 1.807) is 10.8 Å². The first-order valence-corrected chi connectivity index (χ1v) is 6.31. The van der Waals surface area contributed by atoms with Crippen molar-refractivity contribution >= 4 is 22.8 Å². The van der Waals surface area contributed by atoms with E-state index in [0.717, 1.165) is 16.7 Å². The van der Waals surface area contributed by atoms with Crippen LogP contribution >= 0.6 is 0 Å². The zero-order chi connectivity index (χ0) is 14.7. The molecular weight excluding hydrogens is 258 g/mol. The summed E-state index contributed by atoms with van der Waals surface area (Å²) in [5, 5.41) is 2.96. The monoisotopic (exact) mass is 275 g/mol. The normalized spacial score (nSPS) is 10.8. The zero-order valence-corrected chi connectivity index (χ0v) is 11.4. The van der Waals surface area contributed by atoms with Crippen LogP contribution in [0.15, 0.2) is 30.5 Å². The number of hydrogen-bond acceptors (Lipinski definition) is 3. The lowest BCUT2D eigenvalue weighted by molar-refractivity contribution is -0.120. The van der Waals surface area contributed by atoms with Gasteiger partial charge in [0.25, 0.3) is 0 Å². The van der Waals surface area contributed by atoms with Gasteiger partial charge in [-0.2, -0.15) is 0 Å². The second kappa shape index (κ2) is 5.64. The molecular formula is C14H17N3O3. The van der Waals surface area contributed by atoms with Crippen LogP contribution in [0.1, 0.15) is 13.8 Å². The number of urea groups is 1. The van der Waals surface area contributed by atoms with Crippen LogP contribution in [0.2, 0.25) is 0 Å². The Labute approximate surface area is 116 Å². The molecule has 0 saturated carbocycles. The number of benzene rings is 1. The molecule has 0 aliphatic carbocycles. The SMILES string of the molecule is CC(C)Oc1cccc2c1ccn2CC(=O)NC(N)=O. The van der Waals surface area contributed by atoms with Crippen LogP contribution in [-0.2, 0) is 11.3 Å². The molecule has 0 fully saturated rings. The third kappa shape index (κ3) is 3.09. The van der Waals surface area contributed by atoms with Crippen LogP contribution in [-0.4, -0.2) is 22.6 Å². The summed E-state index contributed by atoms with van der Waals surface area (Å²) >= 11 is 0. The van der Waals surface area contributed by atoms with Gasteiger partial charge in [-0.1, -0.05) is 6.07 Å². The van der Waals surface area contributed by atoms with Crippen molar-refractivity contribution in [3.05, 3.63) is 30.5 Å². The highest BCUT2D eigenvalue weighted by atomic mass is 16.5. The molecule has 1 aromatic heterocycles. The molecule has 6 heteroatoms. The van der Waals surface area contributed by atoms with Crippen molar-refractivity contribution in [3.8, 4) is 5.75 Å². The third-order valence-corrected chi connectivity index (χ3v) is 2.71. The van der Waals surface area contributed by atoms with Gasteiger partial charge >= 0.3 is 6.03 Å². The Morgan fingerprint density at radius 1 is 1.35 bits per heavy atom. The van der Waals surface area contributed by atoms with Gasteiger partial charge in [0.15, 0.2) is 0 Å². The van der Waals surface area contributed by atoms with Gasteiger partial charge < -0.3 is 15.0 Å². The van der Waals surface area contributed by atoms with Gasteiger partial charge in [0.05, 0.1) is 11.6 Å². The first kappa shape index (κ1) is 13.9. The van der Waals surface area contributed by atoms with E-state index in [1.807, 2.05) is 43.4 Å². The largest absolute Gasteiger partial charge is 0.490 e. The maximum absolute atomic E-state index is 11.6. The summed E-state index contributed by atoms with van der Waals surface area (Å²) in [5.74, 6) is 0.316. The first-order valence-electron chi connectivity index (χ1n) is 6.31. The molecule has 0 saturated heterocycles. The van der Waals surface area contributed by atoms with E-state index in [1.165, 1.54) is 0 Å². The van der Waals surface area contributed by atoms with E-state index < -0.39 is 11.9 Å². The number of carbonyl (C=O) groups is 2. The summed E-state index contributed by atoms with van der Waals surface area (Å²) in [6, 6.07) is 6.67. The Bertz CT molecular complexity index is 646. The van der Waals surface area contributed by atoms with Gasteiger partial charge in [0.2, 0.25) is 5.91 Å². The topological polar surface area (TPSA) is 86.3 Å². The molecule has 0 radical (unpaired) electrons. The summed E-state index contributed by atoms with van der Waals surface area (Å²) in [7, 11) is 0. The Kier molecular flexibility index (Phi) is 3.93. The van der Waals surface area contributed by atoms with Crippen molar-refractivity contribution < 1.29 is 14.3 Å². The molecule has 1 heterocycles. The van der Waals surface area contributed by atoms with Crippen LogP contribution in [0, 0.1) is 0 Å². The number of nitrogens with two attached hydrogens (primary N) is 1. The molecule has 20 heavy (non-hydrogen) atoms. The number of amides is 3. The number of hydrogen-bond donors (Lipinski definition) is 2. The number of imide groups is 1. The van der Waals surface area contributed by atoms with E-state index in [2.05, 4.69) is 0 Å². The summed E-state index contributed by atoms with van der Waals surface area (Å²) in [6.45, 7) is 3.93. The standard InChI is InChI=1S/C14H17N3O3/c1-9(2)20-12-5-3-4-11-10(12)6-7-17(11)8-13(18)16-14(15)19/h3-7,9H,8H2,1-2H3,(H3,15,16,18,19). The van der Waals surface area contributed by atoms with E-state index in [4.69, 9.17) is 10.5 Å². The molecule has 0 aliphatic heterocycles. The van der Waals surface area contributed by atoms with E-state index in [-0.39, 0.29) is 12.6 Å². The molecule has 2 aromatic rings. The second-order valence-corrected chi connectivity index (χ2v) is 4.71. The third-order valence-electron chi connectivity index (χ3n) is 2.71. The van der Waals surface area contributed by atoms with Crippen LogP contribution in [0.3, 0.4) is 0 Å². The lowest BCUT2D eigenvalue weighted by Crippen LogP contribution is -2.37. The molecule has 0 unspecified atom stereocenters. The number of fused-ring (bicyclic) bond motifs is 1. The zero-order valence-electron chi connectivity index (χ0n) is 11.4. The maximum atomic E-state index is 11.6. The Balaban J connectivity index is 2.28. The summed E-state index contributed by atoms with van der Waals surface area (Å²) < 4.78 is 7.46. The quantitative estimate of drug-likeness (QED) is 0.889. The number of ether oxygens (including phenoxy) is 1. The fourth-order valence-electron chi connectivity index (χ4n) is 2.02. The molecule has 0 aliphatic rings. The second-order valence-electron chi connectivity index (χ2n) is 4.71. The molecule has 0 bridgehead atoms. The van der Waals surface area contributed by atoms with Crippen LogP contribution in [0.25, 0.3) is 10.9 Å². The number of carbonyl (C=O) groups excluding carboxylic acids is 2. The van der Waals surface area contributed by atoms with Crippen LogP contribution in [0.5, 0.6) is 5.75 Å². The highest BCUT2D eigenvalue weighted by Crippen LogP contribution is 2.27. The predicted molar refractivity (Wildman–Crippen MR) is 75.4 cm³/mol. The van der Waals surface area contributed by atoms with Gasteiger partial charge in [0, 0.05) is 11.6 Å². The fraction of sp³-hybridized carbons (Fsp3) is 0.286. The maximum Gasteiger partial charge on any atom is 0.318 e. The number of nitrogens with zero attached hydrogens (tertiary/aromatic N) is 1. The highest BCUT2D eigenvalue weighted by molar-refractivity contribution is 5.94. The van der Waals surface area contributed by atoms with Crippen molar-refractivity contribution in [2.24, 2.45) is 5.73 Å². The lowest BCUT2D eigenvalue weighted by atomic mass is 10.2. The number of nitrogens with one attached hydrogen (secondary N) is 1. The van der Waals surface area contributed by atoms with Crippen molar-refractivity contribution in [1.82, 2.24) is 9.88 Å². The fourth-order valence-corrected chi connectivity index (χ4v) is 2.02. The van der Waals surface area contributed by atoms with E-state index in [9.17, 15) is 9.59 Å². The van der Waals surface area contributed by atoms with Crippen LogP contribution < -0.4 is 15.8 Å². The molecule has 2 rings (SSSR count). The van der Waals surface area contributed by atoms with Crippen molar-refractivity contribution in [3.63, 3.8) is 0 Å². The average molecular weight is 275 g/mol. The molecule has 106 valence electrons. The molecule has 3 amide bonds. The molecule has 6 nitrogen and oxygen atoms in total. The minimum absolute atomic E-state index is 0.0254. The summed E-state index contributed by atoms with van der Waals surface area (Å²) in [5.41, 5.74) is 5.78. The van der Waals surface area contributed by atoms with E-state index >= 15 is 0 Å². The minimum atomic E-state index is -0.852. The minimum Gasteiger partial charge on any atom is -0.490 e. The van der Waals surface area contributed by atoms with Gasteiger partial charge in [-0.15, -0.1) is 0 Å². The molecule has 0 atom stereocenters. The van der Waals surface area contributed by atoms with Crippen molar-refractivity contribution in [1.29, 1.82) is 0 Å². The first-order chi connectivity index (χ1) is 9.47. The highest BCUT2D eigenvalue weighted by Gasteiger charge is 2.11. The average Bonchev–Trinajstić information content (AvgIpc) is 2.72. The predicted octanol–water partition coefficient (Wildman–Crippen LogP) is 1.62. The summed E-state index contributed by atoms with van der Waals surface area (Å²) in [6.07, 6.45) is 1.85. The Morgan fingerprint density at radius 3 is 2.75 bits per heavy atom. The molecule has 0 spiro atoms. The van der Waals surface area contributed by atoms with Gasteiger partial charge in [0.1, 0.15) is 12.3 Å².